The molecule has 0 amide bonds. The van der Waals surface area contributed by atoms with Crippen molar-refractivity contribution in [3.8, 4) is 0 Å². The second-order valence-corrected chi connectivity index (χ2v) is 9.24. The van der Waals surface area contributed by atoms with E-state index in [9.17, 15) is 16.8 Å². The lowest BCUT2D eigenvalue weighted by Crippen LogP contribution is -2.31. The zero-order valence-corrected chi connectivity index (χ0v) is 13.5. The van der Waals surface area contributed by atoms with Gasteiger partial charge < -0.3 is 5.73 Å². The third-order valence-corrected chi connectivity index (χ3v) is 6.67. The van der Waals surface area contributed by atoms with Crippen molar-refractivity contribution in [1.82, 2.24) is 9.71 Å². The first-order chi connectivity index (χ1) is 9.71. The zero-order chi connectivity index (χ0) is 15.7. The largest absolute Gasteiger partial charge is 0.388 e. The number of aromatic nitrogens is 1. The zero-order valence-electron chi connectivity index (χ0n) is 11.0. The maximum Gasteiger partial charge on any atom is 0.242 e. The SMILES string of the molecule is NC(=S)c1ncccc1S(=O)(=O)NCC1CCS(=O)(=O)C1. The summed E-state index contributed by atoms with van der Waals surface area (Å²) in [4.78, 5) is 3.66. The van der Waals surface area contributed by atoms with Crippen LogP contribution in [0.4, 0.5) is 0 Å². The van der Waals surface area contributed by atoms with E-state index in [1.165, 1.54) is 18.3 Å². The molecule has 3 N–H and O–H groups in total. The molecule has 1 aliphatic rings. The summed E-state index contributed by atoms with van der Waals surface area (Å²) >= 11 is 4.78. The molecular formula is C11H15N3O4S3. The molecule has 2 rings (SSSR count). The van der Waals surface area contributed by atoms with Gasteiger partial charge >= 0.3 is 0 Å². The lowest BCUT2D eigenvalue weighted by molar-refractivity contribution is 0.543. The number of nitrogens with zero attached hydrogens (tertiary/aromatic N) is 1. The summed E-state index contributed by atoms with van der Waals surface area (Å²) in [6.45, 7) is 0.0627. The number of nitrogens with two attached hydrogens (primary N) is 1. The summed E-state index contributed by atoms with van der Waals surface area (Å²) in [6, 6.07) is 2.82. The Morgan fingerprint density at radius 1 is 1.52 bits per heavy atom. The van der Waals surface area contributed by atoms with Crippen molar-refractivity contribution in [2.75, 3.05) is 18.1 Å². The number of sulfonamides is 1. The fourth-order valence-corrected chi connectivity index (χ4v) is 5.51. The van der Waals surface area contributed by atoms with Crippen LogP contribution in [-0.4, -0.2) is 44.9 Å². The van der Waals surface area contributed by atoms with Crippen molar-refractivity contribution in [2.24, 2.45) is 11.7 Å². The highest BCUT2D eigenvalue weighted by atomic mass is 32.2. The Hall–Kier alpha value is -1.10. The van der Waals surface area contributed by atoms with E-state index in [0.29, 0.717) is 6.42 Å². The molecule has 21 heavy (non-hydrogen) atoms. The van der Waals surface area contributed by atoms with E-state index in [1.54, 1.807) is 0 Å². The minimum absolute atomic E-state index is 0.00468. The van der Waals surface area contributed by atoms with E-state index in [4.69, 9.17) is 18.0 Å². The number of hydrogen-bond donors (Lipinski definition) is 2. The fourth-order valence-electron chi connectivity index (χ4n) is 2.13. The fraction of sp³-hybridized carbons (Fsp3) is 0.455. The van der Waals surface area contributed by atoms with E-state index < -0.39 is 19.9 Å². The van der Waals surface area contributed by atoms with Crippen molar-refractivity contribution >= 4 is 37.1 Å². The van der Waals surface area contributed by atoms with Crippen molar-refractivity contribution in [3.05, 3.63) is 24.0 Å². The predicted molar refractivity (Wildman–Crippen MR) is 82.1 cm³/mol. The summed E-state index contributed by atoms with van der Waals surface area (Å²) in [6.07, 6.45) is 1.86. The first-order valence-corrected chi connectivity index (χ1v) is 9.87. The maximum absolute atomic E-state index is 12.3. The molecule has 1 unspecified atom stereocenters. The second kappa shape index (κ2) is 5.95. The maximum atomic E-state index is 12.3. The van der Waals surface area contributed by atoms with Crippen molar-refractivity contribution in [3.63, 3.8) is 0 Å². The van der Waals surface area contributed by atoms with Crippen LogP contribution in [0.5, 0.6) is 0 Å². The molecule has 1 aliphatic heterocycles. The Morgan fingerprint density at radius 2 is 2.24 bits per heavy atom. The molecule has 0 aromatic carbocycles. The summed E-state index contributed by atoms with van der Waals surface area (Å²) in [5.41, 5.74) is 5.49. The van der Waals surface area contributed by atoms with Crippen LogP contribution < -0.4 is 10.5 Å². The predicted octanol–water partition coefficient (Wildman–Crippen LogP) is -0.571. The summed E-state index contributed by atoms with van der Waals surface area (Å²) in [7, 11) is -6.87. The third-order valence-electron chi connectivity index (χ3n) is 3.18. The molecule has 0 spiro atoms. The number of hydrogen-bond acceptors (Lipinski definition) is 6. The smallest absolute Gasteiger partial charge is 0.242 e. The van der Waals surface area contributed by atoms with Crippen LogP contribution in [0.25, 0.3) is 0 Å². The van der Waals surface area contributed by atoms with Gasteiger partial charge in [-0.3, -0.25) is 4.98 Å². The van der Waals surface area contributed by atoms with Crippen LogP contribution in [0.3, 0.4) is 0 Å². The topological polar surface area (TPSA) is 119 Å². The Morgan fingerprint density at radius 3 is 2.81 bits per heavy atom. The average Bonchev–Trinajstić information content (AvgIpc) is 2.76. The van der Waals surface area contributed by atoms with Gasteiger partial charge in [0.05, 0.1) is 11.5 Å². The summed E-state index contributed by atoms with van der Waals surface area (Å²) < 4.78 is 49.6. The van der Waals surface area contributed by atoms with E-state index in [0.717, 1.165) is 0 Å². The Kier molecular flexibility index (Phi) is 4.61. The number of pyridine rings is 1. The average molecular weight is 349 g/mol. The molecule has 0 saturated carbocycles. The second-order valence-electron chi connectivity index (χ2n) is 4.84. The lowest BCUT2D eigenvalue weighted by atomic mass is 10.1. The van der Waals surface area contributed by atoms with Crippen molar-refractivity contribution in [2.45, 2.75) is 11.3 Å². The Balaban J connectivity index is 2.15. The summed E-state index contributed by atoms with van der Waals surface area (Å²) in [5, 5.41) is 0. The molecule has 1 saturated heterocycles. The molecular weight excluding hydrogens is 334 g/mol. The van der Waals surface area contributed by atoms with E-state index in [-0.39, 0.29) is 39.5 Å². The normalized spacial score (nSPS) is 21.2. The summed E-state index contributed by atoms with van der Waals surface area (Å²) in [5.74, 6) is -0.107. The monoisotopic (exact) mass is 349 g/mol. The number of sulfone groups is 1. The number of thiocarbonyl (C=S) groups is 1. The van der Waals surface area contributed by atoms with Crippen molar-refractivity contribution < 1.29 is 16.8 Å². The van der Waals surface area contributed by atoms with E-state index >= 15 is 0 Å². The quantitative estimate of drug-likeness (QED) is 0.683. The standard InChI is InChI=1S/C11H15N3O4S3/c12-11(19)10-9(2-1-4-13-10)21(17,18)14-6-8-3-5-20(15,16)7-8/h1-2,4,8,14H,3,5-7H2,(H2,12,19). The van der Waals surface area contributed by atoms with Gasteiger partial charge in [-0.15, -0.1) is 0 Å². The van der Waals surface area contributed by atoms with Gasteiger partial charge in [-0.05, 0) is 24.5 Å². The van der Waals surface area contributed by atoms with Gasteiger partial charge in [0.1, 0.15) is 15.6 Å². The van der Waals surface area contributed by atoms with Gasteiger partial charge in [0.15, 0.2) is 9.84 Å². The molecule has 10 heteroatoms. The van der Waals surface area contributed by atoms with E-state index in [2.05, 4.69) is 9.71 Å². The van der Waals surface area contributed by atoms with Gasteiger partial charge in [0.25, 0.3) is 0 Å². The van der Waals surface area contributed by atoms with E-state index in [1.807, 2.05) is 0 Å². The van der Waals surface area contributed by atoms with Crippen molar-refractivity contribution in [1.29, 1.82) is 0 Å². The van der Waals surface area contributed by atoms with Gasteiger partial charge in [-0.2, -0.15) is 0 Å². The molecule has 1 atom stereocenters. The van der Waals surface area contributed by atoms with Gasteiger partial charge in [0, 0.05) is 12.7 Å². The van der Waals surface area contributed by atoms with Gasteiger partial charge in [0.2, 0.25) is 10.0 Å². The number of nitrogens with one attached hydrogen (secondary N) is 1. The lowest BCUT2D eigenvalue weighted by Gasteiger charge is -2.12. The molecule has 0 aliphatic carbocycles. The van der Waals surface area contributed by atoms with Crippen LogP contribution >= 0.6 is 12.2 Å². The highest BCUT2D eigenvalue weighted by Crippen LogP contribution is 2.19. The highest BCUT2D eigenvalue weighted by Gasteiger charge is 2.29. The first kappa shape index (κ1) is 16.3. The minimum Gasteiger partial charge on any atom is -0.388 e. The molecule has 0 bridgehead atoms. The molecule has 1 fully saturated rings. The molecule has 2 heterocycles. The highest BCUT2D eigenvalue weighted by molar-refractivity contribution is 7.91. The van der Waals surface area contributed by atoms with Gasteiger partial charge in [-0.25, -0.2) is 21.6 Å². The Labute approximate surface area is 128 Å². The molecule has 7 nitrogen and oxygen atoms in total. The number of rotatable bonds is 5. The molecule has 1 aromatic heterocycles. The first-order valence-electron chi connectivity index (χ1n) is 6.16. The van der Waals surface area contributed by atoms with Crippen LogP contribution in [-0.2, 0) is 19.9 Å². The van der Waals surface area contributed by atoms with Crippen LogP contribution in [0.1, 0.15) is 12.1 Å². The molecule has 1 aromatic rings. The molecule has 116 valence electrons. The third kappa shape index (κ3) is 3.96. The van der Waals surface area contributed by atoms with Crippen LogP contribution in [0.2, 0.25) is 0 Å². The molecule has 0 radical (unpaired) electrons. The van der Waals surface area contributed by atoms with Crippen LogP contribution in [0.15, 0.2) is 23.2 Å². The van der Waals surface area contributed by atoms with Crippen LogP contribution in [0, 0.1) is 5.92 Å². The Bertz CT molecular complexity index is 759. The minimum atomic E-state index is -3.84. The van der Waals surface area contributed by atoms with Gasteiger partial charge in [-0.1, -0.05) is 12.2 Å².